The Morgan fingerprint density at radius 1 is 1.20 bits per heavy atom. The van der Waals surface area contributed by atoms with Gasteiger partial charge in [-0.15, -0.1) is 0 Å². The van der Waals surface area contributed by atoms with Gasteiger partial charge in [0.2, 0.25) is 0 Å². The molecule has 0 spiro atoms. The maximum Gasteiger partial charge on any atom is 0.182 e. The molecule has 0 aliphatic carbocycles. The molecular formula is C14H13ClFNO2S. The number of aryl methyl sites for hydroxylation is 1. The molecule has 0 heterocycles. The lowest BCUT2D eigenvalue weighted by Crippen LogP contribution is -2.08. The fourth-order valence-electron chi connectivity index (χ4n) is 1.96. The van der Waals surface area contributed by atoms with Crippen molar-refractivity contribution in [2.24, 2.45) is 0 Å². The molecule has 2 N–H and O–H groups in total. The zero-order chi connectivity index (χ0) is 14.9. The first-order valence-corrected chi connectivity index (χ1v) is 7.85. The predicted molar refractivity (Wildman–Crippen MR) is 77.9 cm³/mol. The van der Waals surface area contributed by atoms with E-state index in [4.69, 9.17) is 17.3 Å². The van der Waals surface area contributed by atoms with Crippen LogP contribution in [0.3, 0.4) is 0 Å². The van der Waals surface area contributed by atoms with Crippen LogP contribution in [0.25, 0.3) is 0 Å². The zero-order valence-corrected chi connectivity index (χ0v) is 12.3. The van der Waals surface area contributed by atoms with Gasteiger partial charge in [-0.1, -0.05) is 11.6 Å². The number of anilines is 1. The van der Waals surface area contributed by atoms with Gasteiger partial charge in [-0.05, 0) is 54.4 Å². The van der Waals surface area contributed by atoms with Crippen molar-refractivity contribution in [2.45, 2.75) is 17.6 Å². The van der Waals surface area contributed by atoms with Crippen molar-refractivity contribution >= 4 is 27.1 Å². The van der Waals surface area contributed by atoms with E-state index in [0.717, 1.165) is 6.07 Å². The summed E-state index contributed by atoms with van der Waals surface area (Å²) in [7, 11) is -3.61. The minimum Gasteiger partial charge on any atom is -0.399 e. The molecule has 0 atom stereocenters. The molecular weight excluding hydrogens is 301 g/mol. The van der Waals surface area contributed by atoms with Crippen molar-refractivity contribution in [2.75, 3.05) is 5.73 Å². The van der Waals surface area contributed by atoms with Crippen LogP contribution in [0.15, 0.2) is 41.3 Å². The SMILES string of the molecule is Cc1cc(N)ccc1S(=O)(=O)Cc1cc(F)ccc1Cl. The van der Waals surface area contributed by atoms with Gasteiger partial charge < -0.3 is 5.73 Å². The molecule has 0 aromatic heterocycles. The Labute approximate surface area is 122 Å². The molecule has 106 valence electrons. The number of halogens is 2. The van der Waals surface area contributed by atoms with Gasteiger partial charge in [0, 0.05) is 10.7 Å². The molecule has 3 nitrogen and oxygen atoms in total. The molecule has 0 bridgehead atoms. The fraction of sp³-hybridized carbons (Fsp3) is 0.143. The molecule has 0 aliphatic rings. The second kappa shape index (κ2) is 5.42. The Hall–Kier alpha value is -1.59. The van der Waals surface area contributed by atoms with Crippen LogP contribution in [0, 0.1) is 12.7 Å². The highest BCUT2D eigenvalue weighted by molar-refractivity contribution is 7.90. The summed E-state index contributed by atoms with van der Waals surface area (Å²) in [6.45, 7) is 1.66. The molecule has 20 heavy (non-hydrogen) atoms. The summed E-state index contributed by atoms with van der Waals surface area (Å²) in [6.07, 6.45) is 0. The first kappa shape index (κ1) is 14.8. The third kappa shape index (κ3) is 3.11. The lowest BCUT2D eigenvalue weighted by molar-refractivity contribution is 0.594. The number of rotatable bonds is 3. The third-order valence-electron chi connectivity index (χ3n) is 2.89. The van der Waals surface area contributed by atoms with Gasteiger partial charge in [-0.25, -0.2) is 12.8 Å². The van der Waals surface area contributed by atoms with E-state index >= 15 is 0 Å². The summed E-state index contributed by atoms with van der Waals surface area (Å²) >= 11 is 5.90. The van der Waals surface area contributed by atoms with Crippen molar-refractivity contribution in [1.82, 2.24) is 0 Å². The van der Waals surface area contributed by atoms with Gasteiger partial charge in [-0.3, -0.25) is 0 Å². The van der Waals surface area contributed by atoms with E-state index in [1.54, 1.807) is 13.0 Å². The molecule has 0 amide bonds. The van der Waals surface area contributed by atoms with Crippen LogP contribution < -0.4 is 5.73 Å². The van der Waals surface area contributed by atoms with Gasteiger partial charge in [0.1, 0.15) is 5.82 Å². The largest absolute Gasteiger partial charge is 0.399 e. The predicted octanol–water partition coefficient (Wildman–Crippen LogP) is 3.34. The molecule has 2 aromatic rings. The number of benzene rings is 2. The van der Waals surface area contributed by atoms with Crippen molar-refractivity contribution < 1.29 is 12.8 Å². The smallest absolute Gasteiger partial charge is 0.182 e. The van der Waals surface area contributed by atoms with E-state index in [1.807, 2.05) is 0 Å². The minimum absolute atomic E-state index is 0.173. The standard InChI is InChI=1S/C14H13ClFNO2S/c1-9-6-12(17)3-5-14(9)20(18,19)8-10-7-11(16)2-4-13(10)15/h2-7H,8,17H2,1H3. The van der Waals surface area contributed by atoms with Gasteiger partial charge in [0.15, 0.2) is 9.84 Å². The second-order valence-electron chi connectivity index (χ2n) is 4.52. The van der Waals surface area contributed by atoms with Gasteiger partial charge in [0.25, 0.3) is 0 Å². The average molecular weight is 314 g/mol. The number of hydrogen-bond acceptors (Lipinski definition) is 3. The van der Waals surface area contributed by atoms with Crippen molar-refractivity contribution in [3.05, 3.63) is 58.4 Å². The van der Waals surface area contributed by atoms with Gasteiger partial charge in [0.05, 0.1) is 10.6 Å². The Kier molecular flexibility index (Phi) is 4.01. The van der Waals surface area contributed by atoms with Crippen LogP contribution in [0.2, 0.25) is 5.02 Å². The Morgan fingerprint density at radius 3 is 2.55 bits per heavy atom. The molecule has 0 aliphatic heterocycles. The quantitative estimate of drug-likeness (QED) is 0.884. The van der Waals surface area contributed by atoms with E-state index in [1.165, 1.54) is 24.3 Å². The van der Waals surface area contributed by atoms with Gasteiger partial charge >= 0.3 is 0 Å². The van der Waals surface area contributed by atoms with Crippen LogP contribution in [-0.4, -0.2) is 8.42 Å². The maximum absolute atomic E-state index is 13.2. The number of sulfone groups is 1. The highest BCUT2D eigenvalue weighted by Crippen LogP contribution is 2.25. The van der Waals surface area contributed by atoms with Crippen LogP contribution in [0.1, 0.15) is 11.1 Å². The summed E-state index contributed by atoms with van der Waals surface area (Å²) in [5, 5.41) is 0.225. The third-order valence-corrected chi connectivity index (χ3v) is 5.08. The normalized spacial score (nSPS) is 11.6. The number of nitrogen functional groups attached to an aromatic ring is 1. The highest BCUT2D eigenvalue weighted by atomic mass is 35.5. The van der Waals surface area contributed by atoms with Crippen LogP contribution >= 0.6 is 11.6 Å². The van der Waals surface area contributed by atoms with Crippen LogP contribution in [0.4, 0.5) is 10.1 Å². The van der Waals surface area contributed by atoms with Gasteiger partial charge in [-0.2, -0.15) is 0 Å². The molecule has 0 saturated heterocycles. The molecule has 0 unspecified atom stereocenters. The van der Waals surface area contributed by atoms with Crippen molar-refractivity contribution in [3.63, 3.8) is 0 Å². The highest BCUT2D eigenvalue weighted by Gasteiger charge is 2.19. The molecule has 0 radical (unpaired) electrons. The van der Waals surface area contributed by atoms with Crippen molar-refractivity contribution in [1.29, 1.82) is 0 Å². The minimum atomic E-state index is -3.61. The topological polar surface area (TPSA) is 60.2 Å². The molecule has 2 rings (SSSR count). The molecule has 2 aromatic carbocycles. The molecule has 0 fully saturated rings. The summed E-state index contributed by atoms with van der Waals surface area (Å²) in [6, 6.07) is 8.22. The van der Waals surface area contributed by atoms with E-state index in [2.05, 4.69) is 0 Å². The first-order chi connectivity index (χ1) is 9.29. The summed E-state index contributed by atoms with van der Waals surface area (Å²) < 4.78 is 37.9. The van der Waals surface area contributed by atoms with Crippen LogP contribution in [-0.2, 0) is 15.6 Å². The number of hydrogen-bond donors (Lipinski definition) is 1. The molecule has 0 saturated carbocycles. The summed E-state index contributed by atoms with van der Waals surface area (Å²) in [5.74, 6) is -0.873. The monoisotopic (exact) mass is 313 g/mol. The maximum atomic E-state index is 13.2. The lowest BCUT2D eigenvalue weighted by atomic mass is 10.2. The summed E-state index contributed by atoms with van der Waals surface area (Å²) in [4.78, 5) is 0.173. The number of nitrogens with two attached hydrogens (primary N) is 1. The lowest BCUT2D eigenvalue weighted by Gasteiger charge is -2.09. The van der Waals surface area contributed by atoms with Crippen LogP contribution in [0.5, 0.6) is 0 Å². The first-order valence-electron chi connectivity index (χ1n) is 5.82. The Bertz CT molecular complexity index is 760. The zero-order valence-electron chi connectivity index (χ0n) is 10.7. The van der Waals surface area contributed by atoms with Crippen molar-refractivity contribution in [3.8, 4) is 0 Å². The van der Waals surface area contributed by atoms with E-state index in [0.29, 0.717) is 11.3 Å². The summed E-state index contributed by atoms with van der Waals surface area (Å²) in [5.41, 5.74) is 6.88. The Morgan fingerprint density at radius 2 is 1.90 bits per heavy atom. The van der Waals surface area contributed by atoms with E-state index in [9.17, 15) is 12.8 Å². The second-order valence-corrected chi connectivity index (χ2v) is 6.88. The fourth-order valence-corrected chi connectivity index (χ4v) is 3.85. The van der Waals surface area contributed by atoms with E-state index < -0.39 is 15.7 Å². The Balaban J connectivity index is 2.43. The van der Waals surface area contributed by atoms with E-state index in [-0.39, 0.29) is 21.2 Å². The molecule has 6 heteroatoms. The average Bonchev–Trinajstić information content (AvgIpc) is 2.33.